The minimum atomic E-state index is -4.81. The number of hydrogen-bond acceptors (Lipinski definition) is 4. The van der Waals surface area contributed by atoms with Crippen molar-refractivity contribution in [3.8, 4) is 5.75 Å². The molecule has 1 fully saturated rings. The van der Waals surface area contributed by atoms with Gasteiger partial charge in [0.05, 0.1) is 4.90 Å². The van der Waals surface area contributed by atoms with Crippen molar-refractivity contribution < 1.29 is 26.3 Å². The smallest absolute Gasteiger partial charge is 0.406 e. The molecule has 0 saturated carbocycles. The van der Waals surface area contributed by atoms with Gasteiger partial charge in [-0.1, -0.05) is 6.42 Å². The molecule has 1 aliphatic rings. The zero-order valence-corrected chi connectivity index (χ0v) is 15.0. The first-order valence-corrected chi connectivity index (χ1v) is 9.63. The van der Waals surface area contributed by atoms with Crippen LogP contribution in [0.4, 0.5) is 13.2 Å². The van der Waals surface area contributed by atoms with E-state index < -0.39 is 22.1 Å². The van der Waals surface area contributed by atoms with Crippen LogP contribution in [-0.2, 0) is 10.0 Å². The lowest BCUT2D eigenvalue weighted by atomic mass is 9.97. The number of alkyl halides is 3. The summed E-state index contributed by atoms with van der Waals surface area (Å²) in [4.78, 5) is 2.14. The third-order valence-electron chi connectivity index (χ3n) is 4.27. The van der Waals surface area contributed by atoms with Crippen LogP contribution < -0.4 is 9.46 Å². The number of sulfonamides is 1. The Bertz CT molecular complexity index is 662. The lowest BCUT2D eigenvalue weighted by molar-refractivity contribution is -0.274. The summed E-state index contributed by atoms with van der Waals surface area (Å²) >= 11 is 0. The van der Waals surface area contributed by atoms with E-state index in [0.717, 1.165) is 50.1 Å². The van der Waals surface area contributed by atoms with Gasteiger partial charge in [-0.25, -0.2) is 13.1 Å². The average Bonchev–Trinajstić information content (AvgIpc) is 2.48. The standard InChI is InChI=1S/C16H23F3N2O3S/c1-12(11-13-5-3-4-10-21(13)2)20-25(22,23)15-8-6-14(7-9-15)24-16(17,18)19/h6-9,12-13,20H,3-5,10-11H2,1-2H3/t12?,13-/m1/s1. The van der Waals surface area contributed by atoms with Crippen molar-refractivity contribution in [1.29, 1.82) is 0 Å². The van der Waals surface area contributed by atoms with Gasteiger partial charge in [0.15, 0.2) is 0 Å². The third-order valence-corrected chi connectivity index (χ3v) is 5.88. The predicted octanol–water partition coefficient (Wildman–Crippen LogP) is 3.13. The molecule has 1 saturated heterocycles. The number of hydrogen-bond donors (Lipinski definition) is 1. The summed E-state index contributed by atoms with van der Waals surface area (Å²) in [5.41, 5.74) is 0. The quantitative estimate of drug-likeness (QED) is 0.824. The second-order valence-corrected chi connectivity index (χ2v) is 8.12. The van der Waals surface area contributed by atoms with Crippen LogP contribution in [0.1, 0.15) is 32.6 Å². The highest BCUT2D eigenvalue weighted by Gasteiger charge is 2.31. The summed E-state index contributed by atoms with van der Waals surface area (Å²) < 4.78 is 67.5. The Hall–Kier alpha value is -1.32. The van der Waals surface area contributed by atoms with Crippen molar-refractivity contribution in [2.45, 2.75) is 55.9 Å². The summed E-state index contributed by atoms with van der Waals surface area (Å²) in [6, 6.07) is 4.23. The zero-order chi connectivity index (χ0) is 18.7. The molecule has 0 spiro atoms. The van der Waals surface area contributed by atoms with E-state index in [2.05, 4.69) is 14.4 Å². The second-order valence-electron chi connectivity index (χ2n) is 6.41. The predicted molar refractivity (Wildman–Crippen MR) is 87.8 cm³/mol. The van der Waals surface area contributed by atoms with Crippen LogP contribution in [0.5, 0.6) is 5.75 Å². The first kappa shape index (κ1) is 20.0. The van der Waals surface area contributed by atoms with Gasteiger partial charge < -0.3 is 9.64 Å². The Morgan fingerprint density at radius 2 is 1.92 bits per heavy atom. The van der Waals surface area contributed by atoms with Crippen molar-refractivity contribution in [2.24, 2.45) is 0 Å². The molecular weight excluding hydrogens is 357 g/mol. The summed E-state index contributed by atoms with van der Waals surface area (Å²) in [5.74, 6) is -0.455. The number of ether oxygens (including phenoxy) is 1. The van der Waals surface area contributed by atoms with Gasteiger partial charge in [0.2, 0.25) is 10.0 Å². The van der Waals surface area contributed by atoms with Gasteiger partial charge in [-0.3, -0.25) is 0 Å². The molecule has 1 unspecified atom stereocenters. The third kappa shape index (κ3) is 6.16. The van der Waals surface area contributed by atoms with Crippen LogP contribution in [0, 0.1) is 0 Å². The number of halogens is 3. The molecule has 0 bridgehead atoms. The van der Waals surface area contributed by atoms with Crippen LogP contribution in [0.15, 0.2) is 29.2 Å². The molecule has 1 aromatic rings. The molecule has 1 aliphatic heterocycles. The molecule has 0 amide bonds. The highest BCUT2D eigenvalue weighted by Crippen LogP contribution is 2.24. The van der Waals surface area contributed by atoms with Crippen molar-refractivity contribution in [1.82, 2.24) is 9.62 Å². The topological polar surface area (TPSA) is 58.6 Å². The summed E-state index contributed by atoms with van der Waals surface area (Å²) in [6.07, 6.45) is -0.801. The number of likely N-dealkylation sites (tertiary alicyclic amines) is 1. The highest BCUT2D eigenvalue weighted by molar-refractivity contribution is 7.89. The molecule has 5 nitrogen and oxygen atoms in total. The van der Waals surface area contributed by atoms with Gasteiger partial charge in [0.1, 0.15) is 5.75 Å². The SMILES string of the molecule is CC(C[C@H]1CCCCN1C)NS(=O)(=O)c1ccc(OC(F)(F)F)cc1. The first-order chi connectivity index (χ1) is 11.6. The lowest BCUT2D eigenvalue weighted by Crippen LogP contribution is -2.42. The van der Waals surface area contributed by atoms with Gasteiger partial charge in [0.25, 0.3) is 0 Å². The van der Waals surface area contributed by atoms with Crippen LogP contribution in [0.3, 0.4) is 0 Å². The number of nitrogens with one attached hydrogen (secondary N) is 1. The average molecular weight is 380 g/mol. The number of rotatable bonds is 6. The fraction of sp³-hybridized carbons (Fsp3) is 0.625. The minimum absolute atomic E-state index is 0.0918. The van der Waals surface area contributed by atoms with Gasteiger partial charge in [-0.15, -0.1) is 13.2 Å². The van der Waals surface area contributed by atoms with E-state index in [1.54, 1.807) is 6.92 Å². The van der Waals surface area contributed by atoms with E-state index >= 15 is 0 Å². The highest BCUT2D eigenvalue weighted by atomic mass is 32.2. The molecule has 1 N–H and O–H groups in total. The number of piperidine rings is 1. The molecule has 0 aromatic heterocycles. The normalized spacial score (nSPS) is 21.1. The van der Waals surface area contributed by atoms with Crippen LogP contribution in [-0.4, -0.2) is 45.4 Å². The molecule has 9 heteroatoms. The molecule has 0 radical (unpaired) electrons. The maximum Gasteiger partial charge on any atom is 0.573 e. The van der Waals surface area contributed by atoms with Gasteiger partial charge in [-0.2, -0.15) is 0 Å². The minimum Gasteiger partial charge on any atom is -0.406 e. The lowest BCUT2D eigenvalue weighted by Gasteiger charge is -2.34. The zero-order valence-electron chi connectivity index (χ0n) is 14.2. The monoisotopic (exact) mass is 380 g/mol. The molecule has 0 aliphatic carbocycles. The van der Waals surface area contributed by atoms with E-state index in [1.165, 1.54) is 0 Å². The van der Waals surface area contributed by atoms with Gasteiger partial charge >= 0.3 is 6.36 Å². The molecule has 25 heavy (non-hydrogen) atoms. The summed E-state index contributed by atoms with van der Waals surface area (Å²) in [7, 11) is -1.76. The Morgan fingerprint density at radius 1 is 1.28 bits per heavy atom. The van der Waals surface area contributed by atoms with Crippen LogP contribution >= 0.6 is 0 Å². The molecule has 1 heterocycles. The second kappa shape index (κ2) is 7.92. The summed E-state index contributed by atoms with van der Waals surface area (Å²) in [5, 5.41) is 0. The largest absolute Gasteiger partial charge is 0.573 e. The Morgan fingerprint density at radius 3 is 2.48 bits per heavy atom. The Kier molecular flexibility index (Phi) is 6.34. The maximum absolute atomic E-state index is 12.4. The van der Waals surface area contributed by atoms with Crippen molar-refractivity contribution in [3.63, 3.8) is 0 Å². The molecule has 1 aromatic carbocycles. The number of nitrogens with zero attached hydrogens (tertiary/aromatic N) is 1. The van der Waals surface area contributed by atoms with Crippen molar-refractivity contribution >= 4 is 10.0 Å². The van der Waals surface area contributed by atoms with Crippen LogP contribution in [0.25, 0.3) is 0 Å². The Labute approximate surface area is 146 Å². The fourth-order valence-electron chi connectivity index (χ4n) is 3.05. The molecular formula is C16H23F3N2O3S. The van der Waals surface area contributed by atoms with Crippen molar-refractivity contribution in [2.75, 3.05) is 13.6 Å². The first-order valence-electron chi connectivity index (χ1n) is 8.15. The molecule has 2 rings (SSSR count). The molecule has 142 valence electrons. The summed E-state index contributed by atoms with van der Waals surface area (Å²) in [6.45, 7) is 2.80. The fourth-order valence-corrected chi connectivity index (χ4v) is 4.31. The van der Waals surface area contributed by atoms with E-state index in [-0.39, 0.29) is 10.9 Å². The van der Waals surface area contributed by atoms with E-state index in [0.29, 0.717) is 12.5 Å². The maximum atomic E-state index is 12.4. The molecule has 2 atom stereocenters. The van der Waals surface area contributed by atoms with E-state index in [4.69, 9.17) is 0 Å². The Balaban J connectivity index is 1.98. The van der Waals surface area contributed by atoms with Crippen LogP contribution in [0.2, 0.25) is 0 Å². The van der Waals surface area contributed by atoms with Gasteiger partial charge in [0, 0.05) is 12.1 Å². The van der Waals surface area contributed by atoms with E-state index in [9.17, 15) is 21.6 Å². The van der Waals surface area contributed by atoms with Gasteiger partial charge in [-0.05, 0) is 64.0 Å². The van der Waals surface area contributed by atoms with E-state index in [1.807, 2.05) is 7.05 Å². The number of benzene rings is 1. The van der Waals surface area contributed by atoms with Crippen molar-refractivity contribution in [3.05, 3.63) is 24.3 Å².